The molecule has 1 aromatic rings. The number of carbonyl (C=O) groups excluding carboxylic acids is 2. The molecule has 3 saturated carbocycles. The minimum Gasteiger partial charge on any atom is -0.393 e. The third kappa shape index (κ3) is 3.17. The van der Waals surface area contributed by atoms with Crippen LogP contribution in [0.2, 0.25) is 0 Å². The van der Waals surface area contributed by atoms with E-state index in [9.17, 15) is 29.9 Å². The van der Waals surface area contributed by atoms with E-state index in [-0.39, 0.29) is 29.2 Å². The van der Waals surface area contributed by atoms with E-state index in [1.807, 2.05) is 13.0 Å². The van der Waals surface area contributed by atoms with Crippen LogP contribution in [0.3, 0.4) is 0 Å². The van der Waals surface area contributed by atoms with Crippen molar-refractivity contribution in [2.75, 3.05) is 6.61 Å². The lowest BCUT2D eigenvalue weighted by Gasteiger charge is -2.59. The Morgan fingerprint density at radius 2 is 1.97 bits per heavy atom. The predicted octanol–water partition coefficient (Wildman–Crippen LogP) is 3.20. The van der Waals surface area contributed by atoms with Gasteiger partial charge in [-0.3, -0.25) is 19.7 Å². The van der Waals surface area contributed by atoms with Crippen LogP contribution >= 0.6 is 0 Å². The summed E-state index contributed by atoms with van der Waals surface area (Å²) in [5, 5.41) is 32.8. The normalized spacial score (nSPS) is 43.9. The zero-order valence-corrected chi connectivity index (χ0v) is 20.8. The molecule has 37 heavy (non-hydrogen) atoms. The average Bonchev–Trinajstić information content (AvgIpc) is 3.37. The number of aliphatic hydroxyl groups excluding tert-OH is 2. The molecule has 1 saturated heterocycles. The van der Waals surface area contributed by atoms with Gasteiger partial charge < -0.3 is 19.7 Å². The number of fused-ring (bicyclic) bond motifs is 7. The SMILES string of the molecule is C[C@]12C=CC(=O)C=C1CC[C@@H]1[C@@H]2[C@@H](O)C[C@@]2(C)[C@H]1C[C@H]1OC(c3ccc([N+](=O)[O-])cc3)O[C@]12C(=O)CO. The average molecular weight is 510 g/mol. The van der Waals surface area contributed by atoms with Gasteiger partial charge in [-0.25, -0.2) is 0 Å². The molecule has 9 heteroatoms. The Bertz CT molecular complexity index is 1240. The summed E-state index contributed by atoms with van der Waals surface area (Å²) >= 11 is 0. The first-order valence-electron chi connectivity index (χ1n) is 12.9. The Morgan fingerprint density at radius 3 is 2.65 bits per heavy atom. The summed E-state index contributed by atoms with van der Waals surface area (Å²) in [5.41, 5.74) is -1.13. The van der Waals surface area contributed by atoms with Gasteiger partial charge in [-0.15, -0.1) is 0 Å². The Hall–Kier alpha value is -2.72. The first-order valence-corrected chi connectivity index (χ1v) is 12.9. The highest BCUT2D eigenvalue weighted by atomic mass is 16.7. The molecule has 0 aromatic heterocycles. The number of ether oxygens (including phenoxy) is 2. The Balaban J connectivity index is 1.37. The number of Topliss-reactive ketones (excluding diaryl/α,β-unsaturated/α-hetero) is 1. The van der Waals surface area contributed by atoms with Crippen molar-refractivity contribution in [1.82, 2.24) is 0 Å². The second-order valence-corrected chi connectivity index (χ2v) is 11.7. The summed E-state index contributed by atoms with van der Waals surface area (Å²) in [6, 6.07) is 5.84. The number of aliphatic hydroxyl groups is 2. The van der Waals surface area contributed by atoms with Crippen molar-refractivity contribution in [1.29, 1.82) is 0 Å². The summed E-state index contributed by atoms with van der Waals surface area (Å²) < 4.78 is 12.8. The second kappa shape index (κ2) is 8.14. The Morgan fingerprint density at radius 1 is 1.24 bits per heavy atom. The van der Waals surface area contributed by atoms with Crippen LogP contribution in [0.4, 0.5) is 5.69 Å². The predicted molar refractivity (Wildman–Crippen MR) is 130 cm³/mol. The van der Waals surface area contributed by atoms with Crippen LogP contribution in [0.1, 0.15) is 51.4 Å². The number of rotatable bonds is 4. The molecule has 1 unspecified atom stereocenters. The molecule has 2 N–H and O–H groups in total. The highest BCUT2D eigenvalue weighted by Crippen LogP contribution is 2.70. The molecule has 6 rings (SSSR count). The molecule has 196 valence electrons. The number of nitro benzene ring substituents is 1. The number of nitrogens with zero attached hydrogens (tertiary/aromatic N) is 1. The van der Waals surface area contributed by atoms with Crippen molar-refractivity contribution in [3.63, 3.8) is 0 Å². The van der Waals surface area contributed by atoms with Gasteiger partial charge in [0.1, 0.15) is 6.61 Å². The van der Waals surface area contributed by atoms with Gasteiger partial charge in [-0.05, 0) is 61.8 Å². The van der Waals surface area contributed by atoms with Crippen molar-refractivity contribution >= 4 is 17.3 Å². The van der Waals surface area contributed by atoms with Crippen molar-refractivity contribution in [2.45, 2.75) is 63.6 Å². The van der Waals surface area contributed by atoms with Gasteiger partial charge in [0.25, 0.3) is 5.69 Å². The summed E-state index contributed by atoms with van der Waals surface area (Å²) in [7, 11) is 0. The molecule has 0 radical (unpaired) electrons. The van der Waals surface area contributed by atoms with Gasteiger partial charge in [0, 0.05) is 34.4 Å². The van der Waals surface area contributed by atoms with Crippen LogP contribution in [-0.2, 0) is 19.1 Å². The minimum absolute atomic E-state index is 0.00335. The minimum atomic E-state index is -1.44. The fourth-order valence-corrected chi connectivity index (χ4v) is 8.59. The van der Waals surface area contributed by atoms with Crippen LogP contribution < -0.4 is 0 Å². The standard InChI is InChI=1S/C28H31NO8/c1-26-10-9-18(31)11-16(26)5-8-19-20-12-23-28(22(33)14-30,27(20,2)13-21(32)24(19)26)37-25(36-23)15-3-6-17(7-4-15)29(34)35/h3-4,6-7,9-11,19-21,23-25,30,32H,5,8,12-14H2,1-2H3/t19-,20-,21-,23+,24+,25?,26-,27-,28+/m0/s1. The fraction of sp³-hybridized carbons (Fsp3) is 0.571. The molecule has 1 aliphatic heterocycles. The number of nitro groups is 1. The van der Waals surface area contributed by atoms with E-state index >= 15 is 0 Å². The number of non-ortho nitro benzene ring substituents is 1. The van der Waals surface area contributed by atoms with Gasteiger partial charge in [0.15, 0.2) is 23.5 Å². The highest BCUT2D eigenvalue weighted by molar-refractivity contribution is 6.01. The van der Waals surface area contributed by atoms with Crippen LogP contribution in [-0.4, -0.2) is 51.1 Å². The molecule has 1 aromatic carbocycles. The van der Waals surface area contributed by atoms with Gasteiger partial charge in [0.2, 0.25) is 0 Å². The largest absolute Gasteiger partial charge is 0.393 e. The van der Waals surface area contributed by atoms with E-state index in [1.54, 1.807) is 24.3 Å². The fourth-order valence-electron chi connectivity index (χ4n) is 8.59. The molecule has 4 fully saturated rings. The maximum atomic E-state index is 13.5. The van der Waals surface area contributed by atoms with Crippen molar-refractivity contribution in [2.24, 2.45) is 28.6 Å². The summed E-state index contributed by atoms with van der Waals surface area (Å²) in [6.45, 7) is 3.35. The first kappa shape index (κ1) is 24.6. The zero-order chi connectivity index (χ0) is 26.3. The topological polar surface area (TPSA) is 136 Å². The maximum absolute atomic E-state index is 13.5. The molecule has 1 heterocycles. The van der Waals surface area contributed by atoms with E-state index in [2.05, 4.69) is 6.92 Å². The van der Waals surface area contributed by atoms with Gasteiger partial charge >= 0.3 is 0 Å². The number of hydrogen-bond donors (Lipinski definition) is 2. The lowest BCUT2D eigenvalue weighted by atomic mass is 9.46. The Labute approximate surface area is 214 Å². The molecule has 0 bridgehead atoms. The van der Waals surface area contributed by atoms with E-state index in [0.29, 0.717) is 18.4 Å². The number of carbonyl (C=O) groups is 2. The van der Waals surface area contributed by atoms with Crippen LogP contribution in [0.25, 0.3) is 0 Å². The number of hydrogen-bond acceptors (Lipinski definition) is 8. The van der Waals surface area contributed by atoms with E-state index < -0.39 is 52.2 Å². The Kier molecular flexibility index (Phi) is 5.41. The molecular weight excluding hydrogens is 478 g/mol. The maximum Gasteiger partial charge on any atom is 0.269 e. The zero-order valence-electron chi connectivity index (χ0n) is 20.8. The van der Waals surface area contributed by atoms with Crippen molar-refractivity contribution in [3.8, 4) is 0 Å². The molecule has 5 aliphatic rings. The lowest BCUT2D eigenvalue weighted by Crippen LogP contribution is -2.63. The summed E-state index contributed by atoms with van der Waals surface area (Å²) in [6.07, 6.45) is 5.31. The first-order chi connectivity index (χ1) is 17.5. The second-order valence-electron chi connectivity index (χ2n) is 11.7. The molecular formula is C28H31NO8. The van der Waals surface area contributed by atoms with Crippen molar-refractivity contribution in [3.05, 3.63) is 63.7 Å². The number of benzene rings is 1. The lowest BCUT2D eigenvalue weighted by molar-refractivity contribution is -0.384. The van der Waals surface area contributed by atoms with E-state index in [0.717, 1.165) is 18.4 Å². The van der Waals surface area contributed by atoms with E-state index in [1.165, 1.54) is 12.1 Å². The monoisotopic (exact) mass is 509 g/mol. The third-order valence-corrected chi connectivity index (χ3v) is 10.2. The van der Waals surface area contributed by atoms with Gasteiger partial charge in [0.05, 0.1) is 17.1 Å². The quantitative estimate of drug-likeness (QED) is 0.467. The van der Waals surface area contributed by atoms with Gasteiger partial charge in [-0.2, -0.15) is 0 Å². The third-order valence-electron chi connectivity index (χ3n) is 10.2. The molecule has 9 nitrogen and oxygen atoms in total. The molecule has 4 aliphatic carbocycles. The molecule has 0 spiro atoms. The molecule has 9 atom stereocenters. The number of ketones is 2. The highest BCUT2D eigenvalue weighted by Gasteiger charge is 2.75. The van der Waals surface area contributed by atoms with E-state index in [4.69, 9.17) is 9.47 Å². The van der Waals surface area contributed by atoms with Gasteiger partial charge in [-0.1, -0.05) is 25.5 Å². The summed E-state index contributed by atoms with van der Waals surface area (Å²) in [5.74, 6) is -0.525. The van der Waals surface area contributed by atoms with Crippen molar-refractivity contribution < 1.29 is 34.2 Å². The van der Waals surface area contributed by atoms with Crippen LogP contribution in [0.15, 0.2) is 48.1 Å². The van der Waals surface area contributed by atoms with Crippen LogP contribution in [0.5, 0.6) is 0 Å². The summed E-state index contributed by atoms with van der Waals surface area (Å²) in [4.78, 5) is 36.2. The smallest absolute Gasteiger partial charge is 0.269 e. The number of allylic oxidation sites excluding steroid dienone is 4. The van der Waals surface area contributed by atoms with Crippen LogP contribution in [0, 0.1) is 38.7 Å². The molecule has 0 amide bonds.